The molecule has 0 aliphatic carbocycles. The van der Waals surface area contributed by atoms with Crippen LogP contribution < -0.4 is 0 Å². The second-order valence-electron chi connectivity index (χ2n) is 3.40. The molecule has 0 atom stereocenters. The van der Waals surface area contributed by atoms with E-state index in [1.165, 1.54) is 0 Å². The highest BCUT2D eigenvalue weighted by Gasteiger charge is 2.04. The van der Waals surface area contributed by atoms with Crippen LogP contribution in [0.25, 0.3) is 0 Å². The molecule has 0 saturated carbocycles. The largest absolute Gasteiger partial charge is 0.298 e. The molecule has 0 aliphatic rings. The van der Waals surface area contributed by atoms with Gasteiger partial charge in [-0.3, -0.25) is 4.79 Å². The average Bonchev–Trinajstić information content (AvgIpc) is 2.03. The Kier molecular flexibility index (Phi) is 2.64. The number of aryl methyl sites for hydroxylation is 1. The molecule has 0 aromatic heterocycles. The van der Waals surface area contributed by atoms with E-state index in [0.29, 0.717) is 5.92 Å². The fourth-order valence-electron chi connectivity index (χ4n) is 1.32. The molecule has 0 unspecified atom stereocenters. The highest BCUT2D eigenvalue weighted by molar-refractivity contribution is 5.77. The van der Waals surface area contributed by atoms with Gasteiger partial charge in [-0.05, 0) is 24.5 Å². The summed E-state index contributed by atoms with van der Waals surface area (Å²) in [5.74, 6) is 0.422. The first-order valence-electron chi connectivity index (χ1n) is 4.21. The van der Waals surface area contributed by atoms with E-state index >= 15 is 0 Å². The van der Waals surface area contributed by atoms with Gasteiger partial charge < -0.3 is 0 Å². The van der Waals surface area contributed by atoms with E-state index in [2.05, 4.69) is 13.8 Å². The fourth-order valence-corrected chi connectivity index (χ4v) is 1.32. The van der Waals surface area contributed by atoms with Crippen molar-refractivity contribution >= 4 is 6.29 Å². The fraction of sp³-hybridized carbons (Fsp3) is 0.364. The summed E-state index contributed by atoms with van der Waals surface area (Å²) in [6.07, 6.45) is 0.933. The Balaban J connectivity index is 3.20. The van der Waals surface area contributed by atoms with E-state index in [1.54, 1.807) is 0 Å². The maximum absolute atomic E-state index is 10.7. The molecular weight excluding hydrogens is 148 g/mol. The van der Waals surface area contributed by atoms with Crippen LogP contribution in [0.3, 0.4) is 0 Å². The topological polar surface area (TPSA) is 17.1 Å². The summed E-state index contributed by atoms with van der Waals surface area (Å²) < 4.78 is 0. The first-order chi connectivity index (χ1) is 5.65. The SMILES string of the molecule is Cc1ccc(C(C)C)c(C=O)c1. The Hall–Kier alpha value is -1.11. The van der Waals surface area contributed by atoms with Crippen molar-refractivity contribution in [3.8, 4) is 0 Å². The maximum atomic E-state index is 10.7. The second-order valence-corrected chi connectivity index (χ2v) is 3.40. The van der Waals surface area contributed by atoms with Gasteiger partial charge in [0.2, 0.25) is 0 Å². The molecule has 0 bridgehead atoms. The van der Waals surface area contributed by atoms with Crippen molar-refractivity contribution in [2.75, 3.05) is 0 Å². The van der Waals surface area contributed by atoms with Crippen molar-refractivity contribution in [3.63, 3.8) is 0 Å². The minimum absolute atomic E-state index is 0.422. The lowest BCUT2D eigenvalue weighted by atomic mass is 9.96. The van der Waals surface area contributed by atoms with Crippen LogP contribution in [-0.2, 0) is 0 Å². The normalized spacial score (nSPS) is 10.3. The summed E-state index contributed by atoms with van der Waals surface area (Å²) in [6.45, 7) is 6.19. The Morgan fingerprint density at radius 3 is 2.50 bits per heavy atom. The van der Waals surface area contributed by atoms with Gasteiger partial charge in [-0.25, -0.2) is 0 Å². The lowest BCUT2D eigenvalue weighted by Gasteiger charge is -2.08. The highest BCUT2D eigenvalue weighted by atomic mass is 16.1. The third kappa shape index (κ3) is 1.73. The van der Waals surface area contributed by atoms with Gasteiger partial charge in [-0.2, -0.15) is 0 Å². The summed E-state index contributed by atoms with van der Waals surface area (Å²) in [5, 5.41) is 0. The highest BCUT2D eigenvalue weighted by Crippen LogP contribution is 2.18. The number of aldehydes is 1. The Labute approximate surface area is 73.4 Å². The minimum Gasteiger partial charge on any atom is -0.298 e. The lowest BCUT2D eigenvalue weighted by molar-refractivity contribution is 0.112. The summed E-state index contributed by atoms with van der Waals surface area (Å²) in [5.41, 5.74) is 3.10. The van der Waals surface area contributed by atoms with Crippen LogP contribution in [0, 0.1) is 6.92 Å². The summed E-state index contributed by atoms with van der Waals surface area (Å²) in [7, 11) is 0. The van der Waals surface area contributed by atoms with Crippen LogP contribution in [0.2, 0.25) is 0 Å². The van der Waals surface area contributed by atoms with E-state index in [9.17, 15) is 4.79 Å². The predicted octanol–water partition coefficient (Wildman–Crippen LogP) is 2.93. The van der Waals surface area contributed by atoms with E-state index < -0.39 is 0 Å². The first-order valence-corrected chi connectivity index (χ1v) is 4.21. The number of carbonyl (C=O) groups excluding carboxylic acids is 1. The third-order valence-electron chi connectivity index (χ3n) is 1.99. The van der Waals surface area contributed by atoms with Gasteiger partial charge in [0, 0.05) is 5.56 Å². The molecule has 0 heterocycles. The van der Waals surface area contributed by atoms with Crippen molar-refractivity contribution in [1.29, 1.82) is 0 Å². The molecule has 1 aromatic rings. The summed E-state index contributed by atoms with van der Waals surface area (Å²) >= 11 is 0. The molecule has 12 heavy (non-hydrogen) atoms. The Morgan fingerprint density at radius 2 is 2.00 bits per heavy atom. The zero-order chi connectivity index (χ0) is 9.14. The van der Waals surface area contributed by atoms with Gasteiger partial charge in [-0.15, -0.1) is 0 Å². The monoisotopic (exact) mass is 162 g/mol. The summed E-state index contributed by atoms with van der Waals surface area (Å²) in [4.78, 5) is 10.7. The number of hydrogen-bond acceptors (Lipinski definition) is 1. The summed E-state index contributed by atoms with van der Waals surface area (Å²) in [6, 6.07) is 6.01. The van der Waals surface area contributed by atoms with Crippen LogP contribution in [0.5, 0.6) is 0 Å². The molecule has 0 fully saturated rings. The van der Waals surface area contributed by atoms with Gasteiger partial charge in [0.15, 0.2) is 0 Å². The molecule has 0 saturated heterocycles. The van der Waals surface area contributed by atoms with Crippen LogP contribution in [0.4, 0.5) is 0 Å². The number of carbonyl (C=O) groups is 1. The quantitative estimate of drug-likeness (QED) is 0.611. The third-order valence-corrected chi connectivity index (χ3v) is 1.99. The number of hydrogen-bond donors (Lipinski definition) is 0. The van der Waals surface area contributed by atoms with Gasteiger partial charge in [0.1, 0.15) is 6.29 Å². The Morgan fingerprint density at radius 1 is 1.33 bits per heavy atom. The van der Waals surface area contributed by atoms with Crippen molar-refractivity contribution in [1.82, 2.24) is 0 Å². The molecule has 0 radical (unpaired) electrons. The van der Waals surface area contributed by atoms with E-state index in [-0.39, 0.29) is 0 Å². The van der Waals surface area contributed by atoms with Crippen molar-refractivity contribution in [2.24, 2.45) is 0 Å². The maximum Gasteiger partial charge on any atom is 0.150 e. The van der Waals surface area contributed by atoms with Crippen LogP contribution in [0.15, 0.2) is 18.2 Å². The average molecular weight is 162 g/mol. The van der Waals surface area contributed by atoms with Gasteiger partial charge >= 0.3 is 0 Å². The molecule has 1 heteroatoms. The zero-order valence-corrected chi connectivity index (χ0v) is 7.79. The molecule has 0 aliphatic heterocycles. The van der Waals surface area contributed by atoms with Crippen LogP contribution >= 0.6 is 0 Å². The number of benzene rings is 1. The standard InChI is InChI=1S/C11H14O/c1-8(2)11-5-4-9(3)6-10(11)7-12/h4-8H,1-3H3. The van der Waals surface area contributed by atoms with Gasteiger partial charge in [-0.1, -0.05) is 31.5 Å². The Bertz CT molecular complexity index is 287. The van der Waals surface area contributed by atoms with Crippen molar-refractivity contribution in [3.05, 3.63) is 34.9 Å². The molecule has 1 aromatic carbocycles. The molecule has 64 valence electrons. The molecule has 1 nitrogen and oxygen atoms in total. The van der Waals surface area contributed by atoms with E-state index in [4.69, 9.17) is 0 Å². The first kappa shape index (κ1) is 8.98. The number of rotatable bonds is 2. The smallest absolute Gasteiger partial charge is 0.150 e. The minimum atomic E-state index is 0.422. The van der Waals surface area contributed by atoms with Crippen molar-refractivity contribution in [2.45, 2.75) is 26.7 Å². The molecule has 0 spiro atoms. The van der Waals surface area contributed by atoms with Crippen LogP contribution in [0.1, 0.15) is 41.3 Å². The molecule has 0 N–H and O–H groups in total. The zero-order valence-electron chi connectivity index (χ0n) is 7.79. The predicted molar refractivity (Wildman–Crippen MR) is 50.7 cm³/mol. The second kappa shape index (κ2) is 3.53. The van der Waals surface area contributed by atoms with Crippen LogP contribution in [-0.4, -0.2) is 6.29 Å². The van der Waals surface area contributed by atoms with Crippen molar-refractivity contribution < 1.29 is 4.79 Å². The molecular formula is C11H14O. The van der Waals surface area contributed by atoms with Gasteiger partial charge in [0.25, 0.3) is 0 Å². The van der Waals surface area contributed by atoms with E-state index in [0.717, 1.165) is 23.0 Å². The lowest BCUT2D eigenvalue weighted by Crippen LogP contribution is -1.95. The molecule has 1 rings (SSSR count). The van der Waals surface area contributed by atoms with E-state index in [1.807, 2.05) is 25.1 Å². The molecule has 0 amide bonds. The van der Waals surface area contributed by atoms with Gasteiger partial charge in [0.05, 0.1) is 0 Å².